The minimum absolute atomic E-state index is 0.168. The van der Waals surface area contributed by atoms with Crippen LogP contribution in [0.2, 0.25) is 5.02 Å². The first-order valence-electron chi connectivity index (χ1n) is 8.15. The summed E-state index contributed by atoms with van der Waals surface area (Å²) >= 11 is 11.2. The van der Waals surface area contributed by atoms with Crippen LogP contribution < -0.4 is 14.8 Å². The van der Waals surface area contributed by atoms with Gasteiger partial charge in [-0.1, -0.05) is 17.7 Å². The second kappa shape index (κ2) is 9.25. The number of H-pyrrole nitrogens is 1. The number of rotatable bonds is 7. The molecule has 10 heteroatoms. The van der Waals surface area contributed by atoms with Gasteiger partial charge in [0, 0.05) is 18.6 Å². The number of carbonyl (C=O) groups is 1. The number of carbonyl (C=O) groups excluding carboxylic acids is 1. The fraction of sp³-hybridized carbons (Fsp3) is 0.167. The summed E-state index contributed by atoms with van der Waals surface area (Å²) < 4.78 is 11.1. The monoisotopic (exact) mass is 417 g/mol. The first kappa shape index (κ1) is 19.7. The molecule has 28 heavy (non-hydrogen) atoms. The number of ether oxygens (including phenoxy) is 2. The van der Waals surface area contributed by atoms with E-state index in [-0.39, 0.29) is 29.4 Å². The molecule has 1 amide bonds. The highest BCUT2D eigenvalue weighted by Gasteiger charge is 2.15. The molecule has 3 aromatic rings. The number of hydrogen-bond acceptors (Lipinski definition) is 7. The summed E-state index contributed by atoms with van der Waals surface area (Å²) in [5.41, 5.74) is 1.01. The van der Waals surface area contributed by atoms with E-state index in [1.54, 1.807) is 37.7 Å². The highest BCUT2D eigenvalue weighted by Crippen LogP contribution is 2.25. The standard InChI is InChI=1S/C18H16ClN5O3S/c1-26-14-4-3-11(7-13(14)19)10-27-17-12(8-23-18(28)24-17)16(25)22-9-15-20-5-2-6-21-15/h2-8H,9-10H2,1H3,(H,22,25)(H,23,24,28). The van der Waals surface area contributed by atoms with Crippen LogP contribution in [0.1, 0.15) is 21.7 Å². The van der Waals surface area contributed by atoms with Gasteiger partial charge in [-0.25, -0.2) is 15.0 Å². The van der Waals surface area contributed by atoms with Crippen molar-refractivity contribution in [2.45, 2.75) is 13.2 Å². The van der Waals surface area contributed by atoms with E-state index in [1.165, 1.54) is 6.20 Å². The Hall–Kier alpha value is -3.04. The molecule has 0 fully saturated rings. The van der Waals surface area contributed by atoms with Gasteiger partial charge in [0.15, 0.2) is 4.77 Å². The van der Waals surface area contributed by atoms with E-state index in [0.717, 1.165) is 5.56 Å². The molecule has 2 N–H and O–H groups in total. The summed E-state index contributed by atoms with van der Waals surface area (Å²) in [5.74, 6) is 0.868. The Balaban J connectivity index is 1.72. The molecule has 0 aliphatic rings. The molecule has 8 nitrogen and oxygen atoms in total. The van der Waals surface area contributed by atoms with Crippen molar-refractivity contribution in [3.63, 3.8) is 0 Å². The lowest BCUT2D eigenvalue weighted by atomic mass is 10.2. The van der Waals surface area contributed by atoms with Crippen molar-refractivity contribution >= 4 is 29.7 Å². The summed E-state index contributed by atoms with van der Waals surface area (Å²) in [6.45, 7) is 0.337. The van der Waals surface area contributed by atoms with Gasteiger partial charge in [0.2, 0.25) is 5.88 Å². The van der Waals surface area contributed by atoms with Gasteiger partial charge >= 0.3 is 0 Å². The van der Waals surface area contributed by atoms with Crippen LogP contribution in [-0.2, 0) is 13.2 Å². The SMILES string of the molecule is COc1ccc(COc2[nH]c(=S)ncc2C(=O)NCc2ncccn2)cc1Cl. The fourth-order valence-electron chi connectivity index (χ4n) is 2.29. The van der Waals surface area contributed by atoms with E-state index in [0.29, 0.717) is 16.6 Å². The summed E-state index contributed by atoms with van der Waals surface area (Å²) in [7, 11) is 1.54. The van der Waals surface area contributed by atoms with Crippen LogP contribution in [0.4, 0.5) is 0 Å². The lowest BCUT2D eigenvalue weighted by Crippen LogP contribution is -2.25. The topological polar surface area (TPSA) is 102 Å². The minimum Gasteiger partial charge on any atom is -0.495 e. The van der Waals surface area contributed by atoms with Crippen LogP contribution in [-0.4, -0.2) is 33.0 Å². The van der Waals surface area contributed by atoms with Gasteiger partial charge in [0.1, 0.15) is 23.7 Å². The number of aromatic amines is 1. The van der Waals surface area contributed by atoms with E-state index in [1.807, 2.05) is 6.07 Å². The number of amides is 1. The summed E-state index contributed by atoms with van der Waals surface area (Å²) in [5, 5.41) is 3.19. The zero-order chi connectivity index (χ0) is 19.9. The van der Waals surface area contributed by atoms with Crippen molar-refractivity contribution in [1.82, 2.24) is 25.3 Å². The van der Waals surface area contributed by atoms with E-state index in [9.17, 15) is 4.79 Å². The molecule has 0 spiro atoms. The summed E-state index contributed by atoms with van der Waals surface area (Å²) in [6, 6.07) is 6.98. The summed E-state index contributed by atoms with van der Waals surface area (Å²) in [6.07, 6.45) is 4.56. The second-order valence-corrected chi connectivity index (χ2v) is 6.33. The Morgan fingerprint density at radius 2 is 2.07 bits per heavy atom. The third-order valence-electron chi connectivity index (χ3n) is 3.65. The lowest BCUT2D eigenvalue weighted by Gasteiger charge is -2.12. The Bertz CT molecular complexity index is 1030. The van der Waals surface area contributed by atoms with Crippen molar-refractivity contribution in [3.05, 3.63) is 69.6 Å². The molecule has 0 aliphatic heterocycles. The molecule has 0 saturated carbocycles. The number of hydrogen-bond donors (Lipinski definition) is 2. The smallest absolute Gasteiger partial charge is 0.258 e. The third kappa shape index (κ3) is 5.02. The molecular formula is C18H16ClN5O3S. The maximum absolute atomic E-state index is 12.5. The quantitative estimate of drug-likeness (QED) is 0.569. The molecule has 0 radical (unpaired) electrons. The van der Waals surface area contributed by atoms with Gasteiger partial charge in [-0.15, -0.1) is 0 Å². The molecule has 0 atom stereocenters. The second-order valence-electron chi connectivity index (χ2n) is 5.54. The van der Waals surface area contributed by atoms with Crippen LogP contribution >= 0.6 is 23.8 Å². The van der Waals surface area contributed by atoms with Gasteiger partial charge in [-0.2, -0.15) is 0 Å². The average Bonchev–Trinajstić information content (AvgIpc) is 2.71. The Morgan fingerprint density at radius 1 is 1.29 bits per heavy atom. The normalized spacial score (nSPS) is 10.4. The van der Waals surface area contributed by atoms with Crippen molar-refractivity contribution < 1.29 is 14.3 Å². The third-order valence-corrected chi connectivity index (χ3v) is 4.15. The average molecular weight is 418 g/mol. The molecule has 0 unspecified atom stereocenters. The zero-order valence-electron chi connectivity index (χ0n) is 14.8. The molecule has 144 valence electrons. The van der Waals surface area contributed by atoms with Gasteiger partial charge in [0.05, 0.1) is 18.7 Å². The van der Waals surface area contributed by atoms with Crippen molar-refractivity contribution in [1.29, 1.82) is 0 Å². The highest BCUT2D eigenvalue weighted by molar-refractivity contribution is 7.71. The number of benzene rings is 1. The number of aromatic nitrogens is 4. The Kier molecular flexibility index (Phi) is 6.51. The molecular weight excluding hydrogens is 402 g/mol. The van der Waals surface area contributed by atoms with Crippen LogP contribution in [0.25, 0.3) is 0 Å². The van der Waals surface area contributed by atoms with Gasteiger partial charge in [-0.05, 0) is 36.0 Å². The van der Waals surface area contributed by atoms with E-state index in [2.05, 4.69) is 25.3 Å². The molecule has 3 rings (SSSR count). The predicted molar refractivity (Wildman–Crippen MR) is 105 cm³/mol. The first-order chi connectivity index (χ1) is 13.6. The lowest BCUT2D eigenvalue weighted by molar-refractivity contribution is 0.0943. The maximum Gasteiger partial charge on any atom is 0.258 e. The van der Waals surface area contributed by atoms with E-state index >= 15 is 0 Å². The van der Waals surface area contributed by atoms with Crippen molar-refractivity contribution in [3.8, 4) is 11.6 Å². The summed E-state index contributed by atoms with van der Waals surface area (Å²) in [4.78, 5) is 27.4. The van der Waals surface area contributed by atoms with Crippen molar-refractivity contribution in [2.24, 2.45) is 0 Å². The Labute approximate surface area is 170 Å². The van der Waals surface area contributed by atoms with Crippen LogP contribution in [0.5, 0.6) is 11.6 Å². The fourth-order valence-corrected chi connectivity index (χ4v) is 2.71. The predicted octanol–water partition coefficient (Wildman–Crippen LogP) is 3.10. The number of halogens is 1. The Morgan fingerprint density at radius 3 is 2.79 bits per heavy atom. The molecule has 1 aromatic carbocycles. The number of methoxy groups -OCH3 is 1. The van der Waals surface area contributed by atoms with Gasteiger partial charge in [-0.3, -0.25) is 4.79 Å². The molecule has 0 bridgehead atoms. The van der Waals surface area contributed by atoms with Crippen LogP contribution in [0.3, 0.4) is 0 Å². The van der Waals surface area contributed by atoms with E-state index in [4.69, 9.17) is 33.3 Å². The first-order valence-corrected chi connectivity index (χ1v) is 8.94. The van der Waals surface area contributed by atoms with Gasteiger partial charge < -0.3 is 19.8 Å². The van der Waals surface area contributed by atoms with Crippen molar-refractivity contribution in [2.75, 3.05) is 7.11 Å². The van der Waals surface area contributed by atoms with E-state index < -0.39 is 5.91 Å². The minimum atomic E-state index is -0.394. The molecule has 2 aromatic heterocycles. The number of nitrogens with zero attached hydrogens (tertiary/aromatic N) is 3. The molecule has 0 saturated heterocycles. The maximum atomic E-state index is 12.5. The highest BCUT2D eigenvalue weighted by atomic mass is 35.5. The zero-order valence-corrected chi connectivity index (χ0v) is 16.4. The van der Waals surface area contributed by atoms with Crippen LogP contribution in [0, 0.1) is 4.77 Å². The number of nitrogens with one attached hydrogen (secondary N) is 2. The van der Waals surface area contributed by atoms with Gasteiger partial charge in [0.25, 0.3) is 5.91 Å². The van der Waals surface area contributed by atoms with Crippen LogP contribution in [0.15, 0.2) is 42.9 Å². The molecule has 0 aliphatic carbocycles. The molecule has 2 heterocycles. The largest absolute Gasteiger partial charge is 0.495 e.